The molecule has 4 nitrogen and oxygen atoms in total. The van der Waals surface area contributed by atoms with Gasteiger partial charge in [-0.25, -0.2) is 0 Å². The fourth-order valence-corrected chi connectivity index (χ4v) is 4.67. The Morgan fingerprint density at radius 3 is 1.35 bits per heavy atom. The predicted octanol–water partition coefficient (Wildman–Crippen LogP) is 4.89. The molecule has 0 heterocycles. The highest BCUT2D eigenvalue weighted by Crippen LogP contribution is 2.38. The summed E-state index contributed by atoms with van der Waals surface area (Å²) in [5.74, 6) is 0.635. The van der Waals surface area contributed by atoms with Crippen molar-refractivity contribution in [1.82, 2.24) is 0 Å². The SMILES string of the molecule is C[Si](C)(C)Oc1cccc2c1C(=O)c1c(O[Si](C)(C)C)cccc1C2=O. The van der Waals surface area contributed by atoms with Gasteiger partial charge in [-0.1, -0.05) is 24.3 Å². The highest BCUT2D eigenvalue weighted by Gasteiger charge is 2.36. The van der Waals surface area contributed by atoms with Gasteiger partial charge in [0.1, 0.15) is 11.5 Å². The second-order valence-corrected chi connectivity index (χ2v) is 17.3. The number of benzene rings is 2. The molecule has 0 saturated carbocycles. The molecule has 0 unspecified atom stereocenters. The predicted molar refractivity (Wildman–Crippen MR) is 108 cm³/mol. The average Bonchev–Trinajstić information content (AvgIpc) is 2.49. The standard InChI is InChI=1S/C20H24O4Si2/c1-25(2,3)23-15-11-7-9-13-17(15)20(22)18-14(19(13)21)10-8-12-16(18)24-26(4,5)6/h7-12H,1-6H3. The van der Waals surface area contributed by atoms with Gasteiger partial charge in [-0.05, 0) is 51.4 Å². The minimum atomic E-state index is -1.94. The van der Waals surface area contributed by atoms with E-state index >= 15 is 0 Å². The minimum absolute atomic E-state index is 0.156. The summed E-state index contributed by atoms with van der Waals surface area (Å²) in [6.07, 6.45) is 0. The van der Waals surface area contributed by atoms with Gasteiger partial charge in [0.25, 0.3) is 0 Å². The van der Waals surface area contributed by atoms with E-state index in [4.69, 9.17) is 8.85 Å². The van der Waals surface area contributed by atoms with Gasteiger partial charge in [0.2, 0.25) is 22.4 Å². The zero-order valence-electron chi connectivity index (χ0n) is 16.1. The van der Waals surface area contributed by atoms with Crippen LogP contribution in [0.2, 0.25) is 39.3 Å². The lowest BCUT2D eigenvalue weighted by Crippen LogP contribution is -2.33. The number of fused-ring (bicyclic) bond motifs is 2. The molecule has 3 rings (SSSR count). The fourth-order valence-electron chi connectivity index (χ4n) is 3.01. The van der Waals surface area contributed by atoms with Crippen molar-refractivity contribution in [2.24, 2.45) is 0 Å². The van der Waals surface area contributed by atoms with Crippen LogP contribution in [0.5, 0.6) is 11.5 Å². The van der Waals surface area contributed by atoms with Crippen LogP contribution in [0, 0.1) is 0 Å². The third kappa shape index (κ3) is 3.52. The zero-order valence-corrected chi connectivity index (χ0v) is 18.1. The van der Waals surface area contributed by atoms with Crippen molar-refractivity contribution in [3.8, 4) is 11.5 Å². The van der Waals surface area contributed by atoms with Gasteiger partial charge in [0.05, 0.1) is 11.1 Å². The van der Waals surface area contributed by atoms with Gasteiger partial charge < -0.3 is 8.85 Å². The third-order valence-electron chi connectivity index (χ3n) is 3.83. The summed E-state index contributed by atoms with van der Waals surface area (Å²) in [4.78, 5) is 26.4. The maximum Gasteiger partial charge on any atom is 0.242 e. The van der Waals surface area contributed by atoms with Gasteiger partial charge in [-0.15, -0.1) is 0 Å². The highest BCUT2D eigenvalue weighted by atomic mass is 28.4. The molecule has 136 valence electrons. The summed E-state index contributed by atoms with van der Waals surface area (Å²) in [6.45, 7) is 12.3. The van der Waals surface area contributed by atoms with E-state index in [-0.39, 0.29) is 11.6 Å². The van der Waals surface area contributed by atoms with E-state index in [1.54, 1.807) is 36.4 Å². The van der Waals surface area contributed by atoms with Gasteiger partial charge in [-0.3, -0.25) is 9.59 Å². The Hall–Kier alpha value is -2.19. The van der Waals surface area contributed by atoms with E-state index in [1.807, 2.05) is 0 Å². The molecule has 0 aliphatic heterocycles. The molecule has 2 aromatic rings. The Balaban J connectivity index is 2.20. The second kappa shape index (κ2) is 6.21. The first kappa shape index (κ1) is 18.6. The van der Waals surface area contributed by atoms with Crippen LogP contribution in [0.15, 0.2) is 36.4 Å². The maximum atomic E-state index is 13.4. The number of carbonyl (C=O) groups is 2. The van der Waals surface area contributed by atoms with Gasteiger partial charge >= 0.3 is 0 Å². The van der Waals surface area contributed by atoms with E-state index in [1.165, 1.54) is 0 Å². The second-order valence-electron chi connectivity index (χ2n) is 8.44. The number of rotatable bonds is 4. The van der Waals surface area contributed by atoms with Gasteiger partial charge in [-0.2, -0.15) is 0 Å². The van der Waals surface area contributed by atoms with E-state index in [9.17, 15) is 9.59 Å². The normalized spacial score (nSPS) is 13.9. The summed E-state index contributed by atoms with van der Waals surface area (Å²) >= 11 is 0. The van der Waals surface area contributed by atoms with Crippen LogP contribution in [0.3, 0.4) is 0 Å². The van der Waals surface area contributed by atoms with E-state index in [0.29, 0.717) is 33.8 Å². The van der Waals surface area contributed by atoms with Crippen molar-refractivity contribution in [2.45, 2.75) is 39.3 Å². The van der Waals surface area contributed by atoms with Crippen molar-refractivity contribution >= 4 is 28.2 Å². The molecule has 6 heteroatoms. The van der Waals surface area contributed by atoms with Crippen molar-refractivity contribution in [3.05, 3.63) is 58.7 Å². The number of hydrogen-bond donors (Lipinski definition) is 0. The average molecular weight is 385 g/mol. The van der Waals surface area contributed by atoms with Crippen LogP contribution in [-0.4, -0.2) is 28.2 Å². The molecule has 1 aliphatic carbocycles. The molecule has 0 radical (unpaired) electrons. The summed E-state index contributed by atoms with van der Waals surface area (Å²) in [5, 5.41) is 0. The van der Waals surface area contributed by atoms with Crippen LogP contribution < -0.4 is 8.85 Å². The van der Waals surface area contributed by atoms with E-state index < -0.39 is 16.6 Å². The molecular weight excluding hydrogens is 360 g/mol. The lowest BCUT2D eigenvalue weighted by atomic mass is 9.83. The summed E-state index contributed by atoms with van der Waals surface area (Å²) in [6, 6.07) is 10.5. The lowest BCUT2D eigenvalue weighted by molar-refractivity contribution is 0.0976. The minimum Gasteiger partial charge on any atom is -0.544 e. The van der Waals surface area contributed by atoms with Crippen molar-refractivity contribution in [2.75, 3.05) is 0 Å². The van der Waals surface area contributed by atoms with Crippen LogP contribution in [0.25, 0.3) is 0 Å². The maximum absolute atomic E-state index is 13.4. The molecular formula is C20H24O4Si2. The molecule has 0 amide bonds. The molecule has 2 aromatic carbocycles. The first-order chi connectivity index (χ1) is 12.0. The molecule has 0 atom stereocenters. The summed E-state index contributed by atoms with van der Waals surface area (Å²) < 4.78 is 12.2. The largest absolute Gasteiger partial charge is 0.544 e. The topological polar surface area (TPSA) is 52.6 Å². The van der Waals surface area contributed by atoms with Crippen LogP contribution in [0.1, 0.15) is 31.8 Å². The molecule has 0 spiro atoms. The van der Waals surface area contributed by atoms with Crippen LogP contribution in [-0.2, 0) is 0 Å². The van der Waals surface area contributed by atoms with Crippen molar-refractivity contribution in [3.63, 3.8) is 0 Å². The van der Waals surface area contributed by atoms with E-state index in [2.05, 4.69) is 39.3 Å². The fraction of sp³-hybridized carbons (Fsp3) is 0.300. The third-order valence-corrected chi connectivity index (χ3v) is 5.49. The highest BCUT2D eigenvalue weighted by molar-refractivity contribution is 6.71. The van der Waals surface area contributed by atoms with Crippen molar-refractivity contribution < 1.29 is 18.4 Å². The Bertz CT molecular complexity index is 834. The molecule has 26 heavy (non-hydrogen) atoms. The van der Waals surface area contributed by atoms with Crippen LogP contribution >= 0.6 is 0 Å². The molecule has 0 N–H and O–H groups in total. The zero-order chi connectivity index (χ0) is 19.3. The Morgan fingerprint density at radius 2 is 1.00 bits per heavy atom. The first-order valence-electron chi connectivity index (χ1n) is 8.71. The monoisotopic (exact) mass is 384 g/mol. The number of carbonyl (C=O) groups excluding carboxylic acids is 2. The summed E-state index contributed by atoms with van der Waals surface area (Å²) in [7, 11) is -3.88. The molecule has 0 aromatic heterocycles. The van der Waals surface area contributed by atoms with Gasteiger partial charge in [0, 0.05) is 11.1 Å². The number of ketones is 2. The molecule has 0 bridgehead atoms. The lowest BCUT2D eigenvalue weighted by Gasteiger charge is -2.27. The first-order valence-corrected chi connectivity index (χ1v) is 15.5. The molecule has 1 aliphatic rings. The smallest absolute Gasteiger partial charge is 0.242 e. The Labute approximate surface area is 156 Å². The quantitative estimate of drug-likeness (QED) is 0.601. The van der Waals surface area contributed by atoms with Crippen molar-refractivity contribution in [1.29, 1.82) is 0 Å². The Kier molecular flexibility index (Phi) is 4.44. The molecule has 0 saturated heterocycles. The number of hydrogen-bond acceptors (Lipinski definition) is 4. The van der Waals surface area contributed by atoms with Crippen LogP contribution in [0.4, 0.5) is 0 Å². The summed E-state index contributed by atoms with van der Waals surface area (Å²) in [5.41, 5.74) is 1.53. The van der Waals surface area contributed by atoms with Gasteiger partial charge in [0.15, 0.2) is 5.78 Å². The Morgan fingerprint density at radius 1 is 0.615 bits per heavy atom. The van der Waals surface area contributed by atoms with E-state index in [0.717, 1.165) is 0 Å². The molecule has 0 fully saturated rings.